The Balaban J connectivity index is 1.47. The van der Waals surface area contributed by atoms with E-state index in [1.54, 1.807) is 17.7 Å². The fourth-order valence-electron chi connectivity index (χ4n) is 3.57. The van der Waals surface area contributed by atoms with Crippen LogP contribution in [0.25, 0.3) is 21.3 Å². The average Bonchev–Trinajstić information content (AvgIpc) is 3.13. The number of hydrogen-bond donors (Lipinski definition) is 1. The number of thiophene rings is 1. The van der Waals surface area contributed by atoms with E-state index in [1.165, 1.54) is 21.6 Å². The summed E-state index contributed by atoms with van der Waals surface area (Å²) in [6.45, 7) is 4.24. The minimum Gasteiger partial charge on any atom is -0.457 e. The van der Waals surface area contributed by atoms with Crippen LogP contribution in [0, 0.1) is 13.8 Å². The number of ether oxygens (including phenoxy) is 1. The molecule has 5 aromatic rings. The van der Waals surface area contributed by atoms with Crippen LogP contribution in [0.3, 0.4) is 0 Å². The van der Waals surface area contributed by atoms with Gasteiger partial charge in [-0.15, -0.1) is 11.3 Å². The van der Waals surface area contributed by atoms with Crippen molar-refractivity contribution in [3.63, 3.8) is 0 Å². The molecule has 0 unspecified atom stereocenters. The van der Waals surface area contributed by atoms with Gasteiger partial charge in [-0.25, -0.2) is 9.97 Å². The molecule has 0 saturated heterocycles. The molecule has 3 aromatic carbocycles. The van der Waals surface area contributed by atoms with Gasteiger partial charge in [-0.3, -0.25) is 0 Å². The van der Waals surface area contributed by atoms with Gasteiger partial charge < -0.3 is 10.1 Å². The van der Waals surface area contributed by atoms with Gasteiger partial charge in [0, 0.05) is 16.1 Å². The van der Waals surface area contributed by atoms with E-state index >= 15 is 0 Å². The van der Waals surface area contributed by atoms with Crippen LogP contribution in [0.5, 0.6) is 11.5 Å². The van der Waals surface area contributed by atoms with Crippen LogP contribution in [0.2, 0.25) is 0 Å². The molecule has 0 aliphatic carbocycles. The first-order valence-electron chi connectivity index (χ1n) is 10.1. The van der Waals surface area contributed by atoms with E-state index in [9.17, 15) is 0 Å². The number of benzene rings is 3. The van der Waals surface area contributed by atoms with E-state index in [0.29, 0.717) is 0 Å². The summed E-state index contributed by atoms with van der Waals surface area (Å²) in [5.74, 6) is 2.41. The lowest BCUT2D eigenvalue weighted by atomic mass is 10.0. The summed E-state index contributed by atoms with van der Waals surface area (Å²) in [6.07, 6.45) is 1.62. The Bertz CT molecular complexity index is 1330. The zero-order valence-corrected chi connectivity index (χ0v) is 18.1. The van der Waals surface area contributed by atoms with Crippen molar-refractivity contribution in [1.29, 1.82) is 0 Å². The zero-order valence-electron chi connectivity index (χ0n) is 17.3. The molecule has 0 aliphatic heterocycles. The fraction of sp³-hybridized carbons (Fsp3) is 0.0769. The summed E-state index contributed by atoms with van der Waals surface area (Å²) < 4.78 is 5.89. The summed E-state index contributed by atoms with van der Waals surface area (Å²) in [7, 11) is 0. The molecular weight excluding hydrogens is 402 g/mol. The smallest absolute Gasteiger partial charge is 0.143 e. The lowest BCUT2D eigenvalue weighted by Gasteiger charge is -2.10. The second-order valence-corrected chi connectivity index (χ2v) is 8.57. The van der Waals surface area contributed by atoms with Crippen molar-refractivity contribution in [3.05, 3.63) is 95.6 Å². The highest BCUT2D eigenvalue weighted by Crippen LogP contribution is 2.41. The Morgan fingerprint density at radius 2 is 1.48 bits per heavy atom. The van der Waals surface area contributed by atoms with Crippen LogP contribution < -0.4 is 10.1 Å². The topological polar surface area (TPSA) is 47.0 Å². The largest absolute Gasteiger partial charge is 0.457 e. The third-order valence-electron chi connectivity index (χ3n) is 5.10. The van der Waals surface area contributed by atoms with E-state index in [0.717, 1.165) is 33.2 Å². The van der Waals surface area contributed by atoms with E-state index in [1.807, 2.05) is 54.6 Å². The Kier molecular flexibility index (Phi) is 5.10. The van der Waals surface area contributed by atoms with Crippen LogP contribution in [-0.4, -0.2) is 9.97 Å². The van der Waals surface area contributed by atoms with E-state index < -0.39 is 0 Å². The van der Waals surface area contributed by atoms with Crippen LogP contribution >= 0.6 is 11.3 Å². The van der Waals surface area contributed by atoms with Crippen molar-refractivity contribution >= 4 is 33.1 Å². The summed E-state index contributed by atoms with van der Waals surface area (Å²) in [4.78, 5) is 11.3. The van der Waals surface area contributed by atoms with Crippen LogP contribution in [0.15, 0.2) is 85.2 Å². The molecule has 2 heterocycles. The number of nitrogens with zero attached hydrogens (tertiary/aromatic N) is 2. The second-order valence-electron chi connectivity index (χ2n) is 7.37. The highest BCUT2D eigenvalue weighted by Gasteiger charge is 2.17. The Hall–Kier alpha value is -3.70. The number of anilines is 2. The van der Waals surface area contributed by atoms with Crippen molar-refractivity contribution in [1.82, 2.24) is 9.97 Å². The van der Waals surface area contributed by atoms with Crippen molar-refractivity contribution in [2.45, 2.75) is 13.8 Å². The first-order valence-corrected chi connectivity index (χ1v) is 10.9. The monoisotopic (exact) mass is 423 g/mol. The van der Waals surface area contributed by atoms with E-state index in [2.05, 4.69) is 53.4 Å². The first kappa shape index (κ1) is 19.3. The van der Waals surface area contributed by atoms with Crippen molar-refractivity contribution in [2.75, 3.05) is 5.32 Å². The molecule has 2 aromatic heterocycles. The quantitative estimate of drug-likeness (QED) is 0.318. The number of nitrogens with one attached hydrogen (secondary N) is 1. The van der Waals surface area contributed by atoms with Gasteiger partial charge in [-0.1, -0.05) is 48.0 Å². The number of aryl methyl sites for hydroxylation is 2. The molecule has 0 saturated carbocycles. The predicted molar refractivity (Wildman–Crippen MR) is 129 cm³/mol. The van der Waals surface area contributed by atoms with Gasteiger partial charge in [-0.05, 0) is 55.8 Å². The minimum atomic E-state index is 0.788. The molecule has 5 heteroatoms. The Morgan fingerprint density at radius 3 is 2.23 bits per heavy atom. The standard InChI is InChI=1S/C26H21N3OS/c1-17-8-10-19(11-9-17)23-18(2)31-26-24(23)25(27-16-28-26)29-20-12-14-22(15-13-20)30-21-6-4-3-5-7-21/h3-16H,1-2H3,(H,27,28,29). The summed E-state index contributed by atoms with van der Waals surface area (Å²) in [5.41, 5.74) is 4.55. The fourth-order valence-corrected chi connectivity index (χ4v) is 4.59. The molecule has 0 amide bonds. The van der Waals surface area contributed by atoms with Gasteiger partial charge in [0.1, 0.15) is 28.5 Å². The molecule has 0 spiro atoms. The van der Waals surface area contributed by atoms with Crippen molar-refractivity contribution in [3.8, 4) is 22.6 Å². The molecule has 31 heavy (non-hydrogen) atoms. The van der Waals surface area contributed by atoms with Gasteiger partial charge in [-0.2, -0.15) is 0 Å². The summed E-state index contributed by atoms with van der Waals surface area (Å²) in [6, 6.07) is 26.3. The maximum atomic E-state index is 5.89. The number of para-hydroxylation sites is 1. The molecule has 4 nitrogen and oxygen atoms in total. The molecule has 0 bridgehead atoms. The molecular formula is C26H21N3OS. The second kappa shape index (κ2) is 8.20. The highest BCUT2D eigenvalue weighted by molar-refractivity contribution is 7.19. The molecule has 0 atom stereocenters. The average molecular weight is 424 g/mol. The molecule has 152 valence electrons. The molecule has 0 fully saturated rings. The predicted octanol–water partition coefficient (Wildman–Crippen LogP) is 7.51. The van der Waals surface area contributed by atoms with Gasteiger partial charge in [0.2, 0.25) is 0 Å². The van der Waals surface area contributed by atoms with Gasteiger partial charge in [0.15, 0.2) is 0 Å². The lowest BCUT2D eigenvalue weighted by Crippen LogP contribution is -1.96. The van der Waals surface area contributed by atoms with Crippen LogP contribution in [0.1, 0.15) is 10.4 Å². The maximum absolute atomic E-state index is 5.89. The van der Waals surface area contributed by atoms with E-state index in [4.69, 9.17) is 4.74 Å². The van der Waals surface area contributed by atoms with Crippen LogP contribution in [-0.2, 0) is 0 Å². The van der Waals surface area contributed by atoms with Gasteiger partial charge in [0.25, 0.3) is 0 Å². The van der Waals surface area contributed by atoms with Gasteiger partial charge >= 0.3 is 0 Å². The molecule has 1 N–H and O–H groups in total. The molecule has 5 rings (SSSR count). The lowest BCUT2D eigenvalue weighted by molar-refractivity contribution is 0.483. The zero-order chi connectivity index (χ0) is 21.2. The number of rotatable bonds is 5. The molecule has 0 radical (unpaired) electrons. The number of fused-ring (bicyclic) bond motifs is 1. The van der Waals surface area contributed by atoms with Gasteiger partial charge in [0.05, 0.1) is 5.39 Å². The van der Waals surface area contributed by atoms with Crippen molar-refractivity contribution in [2.24, 2.45) is 0 Å². The SMILES string of the molecule is Cc1ccc(-c2c(C)sc3ncnc(Nc4ccc(Oc5ccccc5)cc4)c23)cc1. The number of aromatic nitrogens is 2. The third kappa shape index (κ3) is 4.00. The highest BCUT2D eigenvalue weighted by atomic mass is 32.1. The first-order chi connectivity index (χ1) is 15.2. The third-order valence-corrected chi connectivity index (χ3v) is 6.11. The maximum Gasteiger partial charge on any atom is 0.143 e. The Labute approximate surface area is 185 Å². The van der Waals surface area contributed by atoms with Crippen molar-refractivity contribution < 1.29 is 4.74 Å². The Morgan fingerprint density at radius 1 is 0.774 bits per heavy atom. The molecule has 0 aliphatic rings. The summed E-state index contributed by atoms with van der Waals surface area (Å²) in [5, 5.41) is 4.53. The normalized spacial score (nSPS) is 10.9. The minimum absolute atomic E-state index is 0.788. The summed E-state index contributed by atoms with van der Waals surface area (Å²) >= 11 is 1.70. The van der Waals surface area contributed by atoms with E-state index in [-0.39, 0.29) is 0 Å². The number of hydrogen-bond acceptors (Lipinski definition) is 5. The van der Waals surface area contributed by atoms with Crippen LogP contribution in [0.4, 0.5) is 11.5 Å².